The van der Waals surface area contributed by atoms with Crippen LogP contribution in [-0.4, -0.2) is 47.4 Å². The Morgan fingerprint density at radius 3 is 2.50 bits per heavy atom. The Kier molecular flexibility index (Phi) is 8.08. The van der Waals surface area contributed by atoms with Crippen molar-refractivity contribution in [1.29, 1.82) is 0 Å². The normalized spacial score (nSPS) is 13.9. The van der Waals surface area contributed by atoms with Crippen molar-refractivity contribution in [3.63, 3.8) is 0 Å². The van der Waals surface area contributed by atoms with E-state index in [1.54, 1.807) is 34.0 Å². The van der Waals surface area contributed by atoms with E-state index in [0.717, 1.165) is 6.07 Å². The SMILES string of the molecule is CCOC1=CC(c2ncc(NC(=O)Nc3cc(C(F)(F)F)c(CN(C)C)cc3F)c(C)n2)=CCC1=O. The zero-order valence-corrected chi connectivity index (χ0v) is 20.1. The second-order valence-corrected chi connectivity index (χ2v) is 8.22. The topological polar surface area (TPSA) is 96.4 Å². The fourth-order valence-electron chi connectivity index (χ4n) is 3.47. The van der Waals surface area contributed by atoms with Gasteiger partial charge in [-0.15, -0.1) is 0 Å². The molecule has 8 nitrogen and oxygen atoms in total. The molecule has 2 N–H and O–H groups in total. The van der Waals surface area contributed by atoms with Gasteiger partial charge in [0.25, 0.3) is 0 Å². The molecule has 0 spiro atoms. The maximum absolute atomic E-state index is 14.5. The number of anilines is 2. The zero-order valence-electron chi connectivity index (χ0n) is 20.1. The average Bonchev–Trinajstić information content (AvgIpc) is 2.77. The lowest BCUT2D eigenvalue weighted by Gasteiger charge is -2.18. The minimum absolute atomic E-state index is 0.130. The number of rotatable bonds is 7. The minimum Gasteiger partial charge on any atom is -0.490 e. The van der Waals surface area contributed by atoms with Crippen molar-refractivity contribution < 1.29 is 31.9 Å². The number of hydrogen-bond donors (Lipinski definition) is 2. The molecule has 0 bridgehead atoms. The first-order chi connectivity index (χ1) is 16.9. The maximum atomic E-state index is 14.5. The van der Waals surface area contributed by atoms with Crippen LogP contribution in [0.4, 0.5) is 33.7 Å². The third kappa shape index (κ3) is 6.45. The number of nitrogens with one attached hydrogen (secondary N) is 2. The predicted octanol–water partition coefficient (Wildman–Crippen LogP) is 4.93. The quantitative estimate of drug-likeness (QED) is 0.517. The van der Waals surface area contributed by atoms with Gasteiger partial charge in [0.1, 0.15) is 5.82 Å². The van der Waals surface area contributed by atoms with E-state index in [4.69, 9.17) is 4.74 Å². The van der Waals surface area contributed by atoms with E-state index in [1.165, 1.54) is 17.2 Å². The number of urea groups is 1. The van der Waals surface area contributed by atoms with Gasteiger partial charge in [0.15, 0.2) is 11.6 Å². The van der Waals surface area contributed by atoms with Gasteiger partial charge < -0.3 is 20.3 Å². The molecule has 0 radical (unpaired) electrons. The lowest BCUT2D eigenvalue weighted by atomic mass is 10.0. The second-order valence-electron chi connectivity index (χ2n) is 8.22. The maximum Gasteiger partial charge on any atom is 0.416 e. The van der Waals surface area contributed by atoms with Gasteiger partial charge in [-0.2, -0.15) is 13.2 Å². The molecule has 1 aliphatic rings. The largest absolute Gasteiger partial charge is 0.490 e. The molecule has 1 heterocycles. The third-order valence-corrected chi connectivity index (χ3v) is 5.09. The highest BCUT2D eigenvalue weighted by atomic mass is 19.4. The molecule has 192 valence electrons. The summed E-state index contributed by atoms with van der Waals surface area (Å²) in [5.74, 6) is -0.674. The van der Waals surface area contributed by atoms with Crippen LogP contribution in [-0.2, 0) is 22.3 Å². The predicted molar refractivity (Wildman–Crippen MR) is 126 cm³/mol. The number of aryl methyl sites for hydroxylation is 1. The molecule has 0 atom stereocenters. The molecule has 1 aromatic carbocycles. The number of ether oxygens (including phenoxy) is 1. The van der Waals surface area contributed by atoms with E-state index in [2.05, 4.69) is 20.6 Å². The van der Waals surface area contributed by atoms with Crippen molar-refractivity contribution in [2.45, 2.75) is 33.0 Å². The number of carbonyl (C=O) groups excluding carboxylic acids is 2. The van der Waals surface area contributed by atoms with E-state index in [0.29, 0.717) is 29.8 Å². The minimum atomic E-state index is -4.74. The fourth-order valence-corrected chi connectivity index (χ4v) is 3.47. The molecule has 0 fully saturated rings. The van der Waals surface area contributed by atoms with Crippen molar-refractivity contribution in [2.24, 2.45) is 0 Å². The molecular formula is C24H25F4N5O3. The Bertz CT molecular complexity index is 1240. The number of hydrogen-bond acceptors (Lipinski definition) is 6. The Labute approximate surface area is 205 Å². The molecule has 2 aromatic rings. The lowest BCUT2D eigenvalue weighted by Crippen LogP contribution is -2.23. The smallest absolute Gasteiger partial charge is 0.416 e. The number of benzene rings is 1. The standard InChI is InChI=1S/C24H25F4N5O3/c1-5-36-21-9-14(6-7-20(21)34)22-29-11-19(13(2)30-22)32-23(35)31-18-10-16(24(26,27)28)15(8-17(18)25)12-33(3)4/h6,8-11H,5,7,12H2,1-4H3,(H2,31,32,35). The van der Waals surface area contributed by atoms with Gasteiger partial charge in [-0.05, 0) is 51.7 Å². The number of aromatic nitrogens is 2. The molecule has 0 unspecified atom stereocenters. The van der Waals surface area contributed by atoms with Gasteiger partial charge >= 0.3 is 12.2 Å². The summed E-state index contributed by atoms with van der Waals surface area (Å²) in [7, 11) is 3.12. The van der Waals surface area contributed by atoms with E-state index in [9.17, 15) is 27.2 Å². The van der Waals surface area contributed by atoms with Crippen LogP contribution >= 0.6 is 0 Å². The van der Waals surface area contributed by atoms with Gasteiger partial charge in [-0.25, -0.2) is 19.2 Å². The molecule has 36 heavy (non-hydrogen) atoms. The van der Waals surface area contributed by atoms with Gasteiger partial charge in [0.2, 0.25) is 5.78 Å². The Morgan fingerprint density at radius 1 is 1.19 bits per heavy atom. The molecule has 0 saturated carbocycles. The van der Waals surface area contributed by atoms with Crippen molar-refractivity contribution in [3.05, 3.63) is 64.7 Å². The van der Waals surface area contributed by atoms with Crippen LogP contribution in [0.25, 0.3) is 5.57 Å². The molecule has 0 saturated heterocycles. The molecular weight excluding hydrogens is 482 g/mol. The summed E-state index contributed by atoms with van der Waals surface area (Å²) < 4.78 is 60.4. The number of nitrogens with zero attached hydrogens (tertiary/aromatic N) is 3. The Hall–Kier alpha value is -3.80. The Balaban J connectivity index is 1.78. The number of alkyl halides is 3. The average molecular weight is 507 g/mol. The summed E-state index contributed by atoms with van der Waals surface area (Å²) in [6, 6.07) is 0.357. The molecule has 2 amide bonds. The molecule has 0 aliphatic heterocycles. The summed E-state index contributed by atoms with van der Waals surface area (Å²) in [6.45, 7) is 3.53. The first kappa shape index (κ1) is 26.8. The van der Waals surface area contributed by atoms with Gasteiger partial charge in [-0.3, -0.25) is 4.79 Å². The first-order valence-electron chi connectivity index (χ1n) is 10.9. The molecule has 3 rings (SSSR count). The van der Waals surface area contributed by atoms with Crippen LogP contribution in [0.1, 0.15) is 36.0 Å². The highest BCUT2D eigenvalue weighted by Gasteiger charge is 2.34. The van der Waals surface area contributed by atoms with E-state index >= 15 is 0 Å². The third-order valence-electron chi connectivity index (χ3n) is 5.09. The van der Waals surface area contributed by atoms with E-state index < -0.39 is 29.3 Å². The van der Waals surface area contributed by atoms with Crippen LogP contribution in [0, 0.1) is 12.7 Å². The number of carbonyl (C=O) groups is 2. The molecule has 12 heteroatoms. The first-order valence-corrected chi connectivity index (χ1v) is 10.9. The summed E-state index contributed by atoms with van der Waals surface area (Å²) in [6.07, 6.45) is -0.114. The fraction of sp³-hybridized carbons (Fsp3) is 0.333. The Morgan fingerprint density at radius 2 is 1.89 bits per heavy atom. The van der Waals surface area contributed by atoms with Crippen LogP contribution in [0.2, 0.25) is 0 Å². The lowest BCUT2D eigenvalue weighted by molar-refractivity contribution is -0.138. The van der Waals surface area contributed by atoms with Crippen LogP contribution in [0.3, 0.4) is 0 Å². The van der Waals surface area contributed by atoms with Crippen LogP contribution < -0.4 is 10.6 Å². The van der Waals surface area contributed by atoms with Gasteiger partial charge in [-0.1, -0.05) is 6.08 Å². The van der Waals surface area contributed by atoms with Gasteiger partial charge in [0.05, 0.1) is 35.4 Å². The second kappa shape index (κ2) is 10.9. The van der Waals surface area contributed by atoms with Gasteiger partial charge in [0, 0.05) is 18.5 Å². The number of allylic oxidation sites excluding steroid dienone is 4. The van der Waals surface area contributed by atoms with Crippen LogP contribution in [0.15, 0.2) is 36.2 Å². The van der Waals surface area contributed by atoms with Crippen molar-refractivity contribution in [1.82, 2.24) is 14.9 Å². The van der Waals surface area contributed by atoms with Crippen molar-refractivity contribution in [3.8, 4) is 0 Å². The summed E-state index contributed by atoms with van der Waals surface area (Å²) in [4.78, 5) is 34.3. The number of Topliss-reactive ketones (excluding diaryl/α,β-unsaturated/α-hetero) is 1. The van der Waals surface area contributed by atoms with Crippen molar-refractivity contribution >= 4 is 28.8 Å². The summed E-state index contributed by atoms with van der Waals surface area (Å²) in [5.41, 5.74) is -0.845. The number of ketones is 1. The van der Waals surface area contributed by atoms with E-state index in [1.807, 2.05) is 0 Å². The summed E-state index contributed by atoms with van der Waals surface area (Å²) >= 11 is 0. The monoisotopic (exact) mass is 507 g/mol. The van der Waals surface area contributed by atoms with Crippen LogP contribution in [0.5, 0.6) is 0 Å². The number of amides is 2. The van der Waals surface area contributed by atoms with E-state index in [-0.39, 0.29) is 35.8 Å². The summed E-state index contributed by atoms with van der Waals surface area (Å²) in [5, 5.41) is 4.52. The highest BCUT2D eigenvalue weighted by molar-refractivity contribution is 6.01. The highest BCUT2D eigenvalue weighted by Crippen LogP contribution is 2.35. The zero-order chi connectivity index (χ0) is 26.6. The number of halogens is 4. The van der Waals surface area contributed by atoms with Crippen molar-refractivity contribution in [2.75, 3.05) is 31.3 Å². The molecule has 1 aliphatic carbocycles. The molecule has 1 aromatic heterocycles.